The number of phenols is 1. The Labute approximate surface area is 218 Å². The first kappa shape index (κ1) is 31.7. The van der Waals surface area contributed by atoms with Gasteiger partial charge in [-0.15, -0.1) is 0 Å². The lowest BCUT2D eigenvalue weighted by atomic mass is 10.0. The van der Waals surface area contributed by atoms with Gasteiger partial charge >= 0.3 is 6.03 Å². The van der Waals surface area contributed by atoms with E-state index in [4.69, 9.17) is 9.47 Å². The van der Waals surface area contributed by atoms with Crippen molar-refractivity contribution in [3.05, 3.63) is 24.3 Å². The van der Waals surface area contributed by atoms with Crippen molar-refractivity contribution in [1.29, 1.82) is 0 Å². The molecule has 0 aromatic heterocycles. The summed E-state index contributed by atoms with van der Waals surface area (Å²) >= 11 is 0. The molecule has 0 aliphatic heterocycles. The molecule has 206 valence electrons. The molecule has 7 heteroatoms. The SMILES string of the molecule is CCCCCCCCCCCCCCCCC(C)OCCNC(=O)NC(=O)COc1ccc(O)cc1. The van der Waals surface area contributed by atoms with Gasteiger partial charge in [0.25, 0.3) is 5.91 Å². The lowest BCUT2D eigenvalue weighted by molar-refractivity contribution is -0.122. The van der Waals surface area contributed by atoms with Crippen molar-refractivity contribution in [2.75, 3.05) is 19.8 Å². The van der Waals surface area contributed by atoms with Gasteiger partial charge in [0.05, 0.1) is 12.7 Å². The summed E-state index contributed by atoms with van der Waals surface area (Å²) in [6.07, 6.45) is 20.2. The normalized spacial score (nSPS) is 11.7. The van der Waals surface area contributed by atoms with Gasteiger partial charge in [-0.25, -0.2) is 4.79 Å². The van der Waals surface area contributed by atoms with Gasteiger partial charge in [0.15, 0.2) is 6.61 Å². The van der Waals surface area contributed by atoms with Crippen molar-refractivity contribution in [3.8, 4) is 11.5 Å². The zero-order chi connectivity index (χ0) is 26.3. The summed E-state index contributed by atoms with van der Waals surface area (Å²) in [5.41, 5.74) is 0. The van der Waals surface area contributed by atoms with Gasteiger partial charge < -0.3 is 19.9 Å². The van der Waals surface area contributed by atoms with E-state index in [1.54, 1.807) is 12.1 Å². The summed E-state index contributed by atoms with van der Waals surface area (Å²) in [4.78, 5) is 23.6. The summed E-state index contributed by atoms with van der Waals surface area (Å²) in [7, 11) is 0. The minimum Gasteiger partial charge on any atom is -0.508 e. The van der Waals surface area contributed by atoms with Crippen LogP contribution in [0.5, 0.6) is 11.5 Å². The first-order chi connectivity index (χ1) is 17.5. The van der Waals surface area contributed by atoms with Crippen LogP contribution in [0.15, 0.2) is 24.3 Å². The third-order valence-corrected chi connectivity index (χ3v) is 6.21. The van der Waals surface area contributed by atoms with Crippen LogP contribution in [0.25, 0.3) is 0 Å². The fourth-order valence-corrected chi connectivity index (χ4v) is 4.03. The van der Waals surface area contributed by atoms with Crippen LogP contribution in [-0.2, 0) is 9.53 Å². The number of nitrogens with one attached hydrogen (secondary N) is 2. The van der Waals surface area contributed by atoms with Crippen molar-refractivity contribution in [2.24, 2.45) is 0 Å². The van der Waals surface area contributed by atoms with Gasteiger partial charge in [-0.05, 0) is 37.6 Å². The monoisotopic (exact) mass is 506 g/mol. The summed E-state index contributed by atoms with van der Waals surface area (Å²) in [5, 5.41) is 14.0. The standard InChI is InChI=1S/C29H50N2O5/c1-3-4-5-6-7-8-9-10-11-12-13-14-15-16-17-25(2)35-23-22-30-29(34)31-28(33)24-36-27-20-18-26(32)19-21-27/h18-21,25,32H,3-17,22-24H2,1-2H3,(H2,30,31,33,34). The van der Waals surface area contributed by atoms with Crippen LogP contribution in [0.4, 0.5) is 4.79 Å². The second-order valence-corrected chi connectivity index (χ2v) is 9.65. The van der Waals surface area contributed by atoms with E-state index in [1.807, 2.05) is 0 Å². The molecule has 3 N–H and O–H groups in total. The molecule has 1 rings (SSSR count). The molecule has 0 bridgehead atoms. The molecule has 0 aliphatic rings. The van der Waals surface area contributed by atoms with Crippen molar-refractivity contribution in [2.45, 2.75) is 116 Å². The Hall–Kier alpha value is -2.28. The van der Waals surface area contributed by atoms with Crippen LogP contribution in [-0.4, -0.2) is 42.9 Å². The molecule has 0 saturated carbocycles. The fourth-order valence-electron chi connectivity index (χ4n) is 4.03. The van der Waals surface area contributed by atoms with E-state index < -0.39 is 11.9 Å². The maximum absolute atomic E-state index is 11.8. The minimum atomic E-state index is -0.572. The zero-order valence-corrected chi connectivity index (χ0v) is 22.7. The van der Waals surface area contributed by atoms with Crippen LogP contribution >= 0.6 is 0 Å². The summed E-state index contributed by atoms with van der Waals surface area (Å²) in [6, 6.07) is 5.43. The first-order valence-corrected chi connectivity index (χ1v) is 14.1. The van der Waals surface area contributed by atoms with Crippen LogP contribution in [0.2, 0.25) is 0 Å². The van der Waals surface area contributed by atoms with Gasteiger partial charge in [-0.3, -0.25) is 10.1 Å². The number of hydrogen-bond acceptors (Lipinski definition) is 5. The molecule has 0 radical (unpaired) electrons. The van der Waals surface area contributed by atoms with Gasteiger partial charge in [-0.2, -0.15) is 0 Å². The molecule has 0 aliphatic carbocycles. The molecular weight excluding hydrogens is 456 g/mol. The molecule has 0 heterocycles. The smallest absolute Gasteiger partial charge is 0.321 e. The zero-order valence-electron chi connectivity index (χ0n) is 22.7. The Balaban J connectivity index is 1.87. The summed E-state index contributed by atoms with van der Waals surface area (Å²) in [5.74, 6) is -0.000446. The highest BCUT2D eigenvalue weighted by Crippen LogP contribution is 2.16. The minimum absolute atomic E-state index is 0.113. The van der Waals surface area contributed by atoms with Crippen LogP contribution in [0.1, 0.15) is 110 Å². The molecule has 0 spiro atoms. The van der Waals surface area contributed by atoms with Crippen molar-refractivity contribution >= 4 is 11.9 Å². The van der Waals surface area contributed by atoms with Gasteiger partial charge in [0, 0.05) is 6.54 Å². The predicted octanol–water partition coefficient (Wildman–Crippen LogP) is 6.87. The summed E-state index contributed by atoms with van der Waals surface area (Å²) < 4.78 is 11.0. The second kappa shape index (κ2) is 22.0. The number of amides is 3. The molecule has 1 atom stereocenters. The Morgan fingerprint density at radius 3 is 1.92 bits per heavy atom. The van der Waals surface area contributed by atoms with E-state index in [-0.39, 0.29) is 18.5 Å². The highest BCUT2D eigenvalue weighted by atomic mass is 16.5. The number of ether oxygens (including phenoxy) is 2. The van der Waals surface area contributed by atoms with Crippen molar-refractivity contribution in [3.63, 3.8) is 0 Å². The fraction of sp³-hybridized carbons (Fsp3) is 0.724. The third-order valence-electron chi connectivity index (χ3n) is 6.21. The number of imide groups is 1. The Kier molecular flexibility index (Phi) is 19.4. The van der Waals surface area contributed by atoms with E-state index in [0.29, 0.717) is 18.9 Å². The Morgan fingerprint density at radius 2 is 1.36 bits per heavy atom. The van der Waals surface area contributed by atoms with Crippen molar-refractivity contribution < 1.29 is 24.2 Å². The van der Waals surface area contributed by atoms with E-state index in [0.717, 1.165) is 6.42 Å². The number of phenolic OH excluding ortho intramolecular Hbond substituents is 1. The van der Waals surface area contributed by atoms with Crippen LogP contribution in [0, 0.1) is 0 Å². The highest BCUT2D eigenvalue weighted by molar-refractivity contribution is 5.94. The second-order valence-electron chi connectivity index (χ2n) is 9.65. The van der Waals surface area contributed by atoms with E-state index in [9.17, 15) is 14.7 Å². The topological polar surface area (TPSA) is 96.9 Å². The average molecular weight is 507 g/mol. The average Bonchev–Trinajstić information content (AvgIpc) is 2.86. The maximum Gasteiger partial charge on any atom is 0.321 e. The van der Waals surface area contributed by atoms with Gasteiger partial charge in [0.1, 0.15) is 11.5 Å². The quantitative estimate of drug-likeness (QED) is 0.149. The number of benzene rings is 1. The molecule has 1 aromatic rings. The third kappa shape index (κ3) is 19.0. The predicted molar refractivity (Wildman–Crippen MR) is 145 cm³/mol. The van der Waals surface area contributed by atoms with Crippen LogP contribution < -0.4 is 15.4 Å². The Morgan fingerprint density at radius 1 is 0.833 bits per heavy atom. The molecule has 7 nitrogen and oxygen atoms in total. The maximum atomic E-state index is 11.8. The molecular formula is C29H50N2O5. The van der Waals surface area contributed by atoms with Crippen LogP contribution in [0.3, 0.4) is 0 Å². The summed E-state index contributed by atoms with van der Waals surface area (Å²) in [6.45, 7) is 4.79. The van der Waals surface area contributed by atoms with E-state index in [1.165, 1.54) is 102 Å². The Bertz CT molecular complexity index is 681. The molecule has 0 fully saturated rings. The lowest BCUT2D eigenvalue weighted by Gasteiger charge is -2.13. The number of hydrogen-bond donors (Lipinski definition) is 3. The highest BCUT2D eigenvalue weighted by Gasteiger charge is 2.09. The van der Waals surface area contributed by atoms with E-state index in [2.05, 4.69) is 24.5 Å². The molecule has 1 aromatic carbocycles. The number of urea groups is 1. The molecule has 0 saturated heterocycles. The van der Waals surface area contributed by atoms with Crippen molar-refractivity contribution in [1.82, 2.24) is 10.6 Å². The largest absolute Gasteiger partial charge is 0.508 e. The first-order valence-electron chi connectivity index (χ1n) is 14.1. The molecule has 1 unspecified atom stereocenters. The lowest BCUT2D eigenvalue weighted by Crippen LogP contribution is -2.42. The van der Waals surface area contributed by atoms with E-state index >= 15 is 0 Å². The molecule has 3 amide bonds. The number of carbonyl (C=O) groups excluding carboxylic acids is 2. The number of aromatic hydroxyl groups is 1. The van der Waals surface area contributed by atoms with Gasteiger partial charge in [-0.1, -0.05) is 96.8 Å². The number of rotatable bonds is 22. The van der Waals surface area contributed by atoms with Gasteiger partial charge in [0.2, 0.25) is 0 Å². The number of carbonyl (C=O) groups is 2. The number of unbranched alkanes of at least 4 members (excludes halogenated alkanes) is 13. The molecule has 36 heavy (non-hydrogen) atoms.